The van der Waals surface area contributed by atoms with E-state index in [1.807, 2.05) is 43.5 Å². The minimum Gasteiger partial charge on any atom is -0.480 e. The average Bonchev–Trinajstić information content (AvgIpc) is 3.32. The largest absolute Gasteiger partial charge is 0.480 e. The number of carboxylic acids is 1. The Labute approximate surface area is 185 Å². The number of ketones is 1. The number of carboxylic acid groups (broad SMARTS) is 1. The van der Waals surface area contributed by atoms with Gasteiger partial charge in [-0.15, -0.1) is 0 Å². The smallest absolute Gasteiger partial charge is 0.331 e. The van der Waals surface area contributed by atoms with Crippen LogP contribution in [0.25, 0.3) is 11.1 Å². The van der Waals surface area contributed by atoms with Gasteiger partial charge in [-0.25, -0.2) is 9.78 Å². The number of nitrogens with two attached hydrogens (primary N) is 1. The molecule has 2 atom stereocenters. The maximum atomic E-state index is 13.2. The zero-order valence-corrected chi connectivity index (χ0v) is 18.3. The minimum atomic E-state index is -1.96. The number of rotatable bonds is 10. The molecule has 2 unspecified atom stereocenters. The Hall–Kier alpha value is -3.10. The quantitative estimate of drug-likeness (QED) is 0.279. The van der Waals surface area contributed by atoms with Crippen molar-refractivity contribution in [2.75, 3.05) is 17.3 Å². The van der Waals surface area contributed by atoms with Crippen molar-refractivity contribution in [1.82, 2.24) is 9.97 Å². The van der Waals surface area contributed by atoms with E-state index < -0.39 is 17.3 Å². The van der Waals surface area contributed by atoms with Crippen molar-refractivity contribution in [1.29, 1.82) is 0 Å². The van der Waals surface area contributed by atoms with Gasteiger partial charge in [0.25, 0.3) is 0 Å². The van der Waals surface area contributed by atoms with Crippen molar-refractivity contribution < 1.29 is 14.7 Å². The van der Waals surface area contributed by atoms with Gasteiger partial charge in [0, 0.05) is 17.4 Å². The summed E-state index contributed by atoms with van der Waals surface area (Å²) in [4.78, 5) is 32.2. The van der Waals surface area contributed by atoms with Crippen LogP contribution in [-0.2, 0) is 4.79 Å². The van der Waals surface area contributed by atoms with Gasteiger partial charge in [-0.1, -0.05) is 36.4 Å². The molecule has 1 heterocycles. The molecular weight excluding hydrogens is 412 g/mol. The number of nitrogens with zero attached hydrogens (tertiary/aromatic N) is 1. The first-order valence-corrected chi connectivity index (χ1v) is 11.3. The predicted molar refractivity (Wildman–Crippen MR) is 124 cm³/mol. The number of imidazole rings is 1. The van der Waals surface area contributed by atoms with Crippen molar-refractivity contribution in [3.63, 3.8) is 0 Å². The highest BCUT2D eigenvalue weighted by atomic mass is 32.2. The van der Waals surface area contributed by atoms with Crippen LogP contribution >= 0.6 is 11.8 Å². The highest BCUT2D eigenvalue weighted by molar-refractivity contribution is 7.98. The van der Waals surface area contributed by atoms with E-state index in [4.69, 9.17) is 5.73 Å². The van der Waals surface area contributed by atoms with Crippen molar-refractivity contribution in [2.45, 2.75) is 24.9 Å². The molecule has 0 aliphatic heterocycles. The Balaban J connectivity index is 1.87. The molecule has 0 spiro atoms. The number of anilines is 1. The Morgan fingerprint density at radius 2 is 1.94 bits per heavy atom. The summed E-state index contributed by atoms with van der Waals surface area (Å²) < 4.78 is 0. The van der Waals surface area contributed by atoms with Gasteiger partial charge >= 0.3 is 5.97 Å². The van der Waals surface area contributed by atoms with E-state index >= 15 is 0 Å². The molecule has 162 valence electrons. The summed E-state index contributed by atoms with van der Waals surface area (Å²) in [5.41, 5.74) is 7.78. The molecule has 0 saturated heterocycles. The van der Waals surface area contributed by atoms with Crippen LogP contribution in [0, 0.1) is 0 Å². The summed E-state index contributed by atoms with van der Waals surface area (Å²) in [7, 11) is 0. The van der Waals surface area contributed by atoms with E-state index in [-0.39, 0.29) is 12.5 Å². The maximum absolute atomic E-state index is 13.2. The van der Waals surface area contributed by atoms with Gasteiger partial charge in [0.15, 0.2) is 11.3 Å². The molecule has 0 saturated carbocycles. The zero-order chi connectivity index (χ0) is 22.4. The lowest BCUT2D eigenvalue weighted by Crippen LogP contribution is -2.55. The number of aliphatic carboxylic acids is 1. The first-order valence-electron chi connectivity index (χ1n) is 9.87. The molecule has 2 aromatic carbocycles. The van der Waals surface area contributed by atoms with Crippen LogP contribution in [-0.4, -0.2) is 44.4 Å². The monoisotopic (exact) mass is 438 g/mol. The first kappa shape index (κ1) is 22.6. The number of hydrogen-bond donors (Lipinski definition) is 4. The molecule has 3 aromatic rings. The number of H-pyrrole nitrogens is 1. The lowest BCUT2D eigenvalue weighted by molar-refractivity contribution is -0.141. The number of Topliss-reactive ketones (excluding diaryl/α,β-unsaturated/α-hetero) is 1. The van der Waals surface area contributed by atoms with Crippen LogP contribution in [0.5, 0.6) is 0 Å². The van der Waals surface area contributed by atoms with Crippen molar-refractivity contribution in [3.05, 3.63) is 72.3 Å². The van der Waals surface area contributed by atoms with Crippen LogP contribution in [0.1, 0.15) is 35.4 Å². The fourth-order valence-electron chi connectivity index (χ4n) is 3.33. The van der Waals surface area contributed by atoms with Crippen LogP contribution in [0.2, 0.25) is 0 Å². The number of aromatic nitrogens is 2. The lowest BCUT2D eigenvalue weighted by atomic mass is 9.84. The molecule has 8 heteroatoms. The summed E-state index contributed by atoms with van der Waals surface area (Å²) >= 11 is 1.46. The number of aromatic amines is 1. The highest BCUT2D eigenvalue weighted by Gasteiger charge is 2.42. The van der Waals surface area contributed by atoms with Gasteiger partial charge in [0.05, 0.1) is 18.1 Å². The van der Waals surface area contributed by atoms with Gasteiger partial charge < -0.3 is 21.1 Å². The number of carbonyl (C=O) groups excluding carboxylic acids is 1. The maximum Gasteiger partial charge on any atom is 0.331 e. The summed E-state index contributed by atoms with van der Waals surface area (Å²) in [6.07, 6.45) is 5.32. The van der Waals surface area contributed by atoms with E-state index in [1.165, 1.54) is 11.8 Å². The van der Waals surface area contributed by atoms with Gasteiger partial charge in [0.1, 0.15) is 0 Å². The fourth-order valence-corrected chi connectivity index (χ4v) is 3.86. The molecule has 3 rings (SSSR count). The number of benzene rings is 2. The van der Waals surface area contributed by atoms with Crippen LogP contribution in [0.4, 0.5) is 5.69 Å². The van der Waals surface area contributed by atoms with E-state index in [1.54, 1.807) is 30.7 Å². The second kappa shape index (κ2) is 9.80. The number of thioether (sulfide) groups is 1. The molecule has 5 N–H and O–H groups in total. The van der Waals surface area contributed by atoms with Gasteiger partial charge in [0.2, 0.25) is 0 Å². The Morgan fingerprint density at radius 1 is 1.23 bits per heavy atom. The number of nitrogens with one attached hydrogen (secondary N) is 2. The van der Waals surface area contributed by atoms with Crippen LogP contribution in [0.15, 0.2) is 61.1 Å². The molecular formula is C23H26N4O3S. The molecule has 0 radical (unpaired) electrons. The van der Waals surface area contributed by atoms with Crippen LogP contribution in [0.3, 0.4) is 0 Å². The van der Waals surface area contributed by atoms with Crippen molar-refractivity contribution >= 4 is 29.2 Å². The van der Waals surface area contributed by atoms with E-state index in [0.29, 0.717) is 16.9 Å². The molecule has 7 nitrogen and oxygen atoms in total. The first-order chi connectivity index (χ1) is 14.9. The third-order valence-electron chi connectivity index (χ3n) is 5.22. The van der Waals surface area contributed by atoms with E-state index in [0.717, 1.165) is 16.9 Å². The SMILES string of the molecule is CSCCC(N)(C(=O)O)C(=O)c1ccccc1-c1ccc(NC(C)c2cnc[nH]2)cc1. The number of hydrogen-bond acceptors (Lipinski definition) is 6. The Kier molecular flexibility index (Phi) is 7.14. The predicted octanol–water partition coefficient (Wildman–Crippen LogP) is 3.97. The highest BCUT2D eigenvalue weighted by Crippen LogP contribution is 2.29. The summed E-state index contributed by atoms with van der Waals surface area (Å²) in [5, 5.41) is 13.1. The zero-order valence-electron chi connectivity index (χ0n) is 17.5. The van der Waals surface area contributed by atoms with Gasteiger partial charge in [-0.05, 0) is 48.6 Å². The van der Waals surface area contributed by atoms with E-state index in [9.17, 15) is 14.7 Å². The molecule has 0 aliphatic rings. The second-order valence-electron chi connectivity index (χ2n) is 7.34. The molecule has 0 amide bonds. The standard InChI is InChI=1S/C23H26N4O3S/c1-15(20-13-25-14-26-20)27-17-9-7-16(8-10-17)18-5-3-4-6-19(18)21(28)23(24,22(29)30)11-12-31-2/h3-10,13-15,27H,11-12,24H2,1-2H3,(H,25,26)(H,29,30). The van der Waals surface area contributed by atoms with Crippen LogP contribution < -0.4 is 11.1 Å². The molecule has 0 fully saturated rings. The minimum absolute atomic E-state index is 0.0482. The van der Waals surface area contributed by atoms with E-state index in [2.05, 4.69) is 15.3 Å². The van der Waals surface area contributed by atoms with Crippen molar-refractivity contribution in [3.8, 4) is 11.1 Å². The van der Waals surface area contributed by atoms with Crippen molar-refractivity contribution in [2.24, 2.45) is 5.73 Å². The molecule has 1 aromatic heterocycles. The summed E-state index contributed by atoms with van der Waals surface area (Å²) in [6.45, 7) is 2.02. The Bertz CT molecular complexity index is 1040. The summed E-state index contributed by atoms with van der Waals surface area (Å²) in [6, 6.07) is 14.7. The van der Waals surface area contributed by atoms with Gasteiger partial charge in [-0.2, -0.15) is 11.8 Å². The Morgan fingerprint density at radius 3 is 2.55 bits per heavy atom. The molecule has 31 heavy (non-hydrogen) atoms. The fraction of sp³-hybridized carbons (Fsp3) is 0.261. The summed E-state index contributed by atoms with van der Waals surface area (Å²) in [5.74, 6) is -1.42. The third kappa shape index (κ3) is 4.98. The van der Waals surface area contributed by atoms with Gasteiger partial charge in [-0.3, -0.25) is 4.79 Å². The molecule has 0 bridgehead atoms. The number of carbonyl (C=O) groups is 2. The third-order valence-corrected chi connectivity index (χ3v) is 5.84. The lowest BCUT2D eigenvalue weighted by Gasteiger charge is -2.24. The normalized spacial score (nSPS) is 13.9. The topological polar surface area (TPSA) is 121 Å². The molecule has 0 aliphatic carbocycles. The average molecular weight is 439 g/mol. The second-order valence-corrected chi connectivity index (χ2v) is 8.33.